The van der Waals surface area contributed by atoms with Gasteiger partial charge in [-0.1, -0.05) is 18.7 Å². The summed E-state index contributed by atoms with van der Waals surface area (Å²) in [6.45, 7) is 3.85. The molecular weight excluding hydrogens is 178 g/mol. The second-order valence-corrected chi connectivity index (χ2v) is 3.39. The Morgan fingerprint density at radius 3 is 3.00 bits per heavy atom. The first kappa shape index (κ1) is 11.0. The van der Waals surface area contributed by atoms with Crippen LogP contribution in [0.1, 0.15) is 19.3 Å². The van der Waals surface area contributed by atoms with E-state index in [1.807, 2.05) is 6.08 Å². The molecule has 0 aromatic heterocycles. The standard InChI is InChI=1S/C11H17NO2/c1-2-11(14)12(8-9-13)10-6-4-3-5-7-10/h2,4,6,10,13H,1,3,5,7-9H2. The van der Waals surface area contributed by atoms with E-state index in [2.05, 4.69) is 12.7 Å². The van der Waals surface area contributed by atoms with Crippen molar-refractivity contribution in [2.45, 2.75) is 25.3 Å². The molecule has 1 N–H and O–H groups in total. The number of carbonyl (C=O) groups is 1. The van der Waals surface area contributed by atoms with E-state index in [1.165, 1.54) is 6.08 Å². The van der Waals surface area contributed by atoms with E-state index < -0.39 is 0 Å². The lowest BCUT2D eigenvalue weighted by Crippen LogP contribution is -2.40. The zero-order chi connectivity index (χ0) is 10.4. The molecule has 1 aliphatic rings. The van der Waals surface area contributed by atoms with Gasteiger partial charge in [0.15, 0.2) is 0 Å². The molecule has 1 amide bonds. The van der Waals surface area contributed by atoms with Gasteiger partial charge in [0.2, 0.25) is 5.91 Å². The molecule has 0 fully saturated rings. The maximum absolute atomic E-state index is 11.5. The molecule has 0 aliphatic heterocycles. The monoisotopic (exact) mass is 195 g/mol. The molecule has 0 aromatic carbocycles. The average Bonchev–Trinajstić information content (AvgIpc) is 2.26. The van der Waals surface area contributed by atoms with Gasteiger partial charge >= 0.3 is 0 Å². The fourth-order valence-corrected chi connectivity index (χ4v) is 1.72. The van der Waals surface area contributed by atoms with E-state index in [0.717, 1.165) is 19.3 Å². The Kier molecular flexibility index (Phi) is 4.40. The highest BCUT2D eigenvalue weighted by atomic mass is 16.3. The van der Waals surface area contributed by atoms with E-state index in [4.69, 9.17) is 5.11 Å². The number of amides is 1. The van der Waals surface area contributed by atoms with E-state index in [1.54, 1.807) is 4.90 Å². The Morgan fingerprint density at radius 2 is 2.50 bits per heavy atom. The SMILES string of the molecule is C=CC(=O)N(CCO)C1C=CCCC1. The van der Waals surface area contributed by atoms with Crippen molar-refractivity contribution in [1.82, 2.24) is 4.90 Å². The van der Waals surface area contributed by atoms with Gasteiger partial charge in [0.05, 0.1) is 12.6 Å². The van der Waals surface area contributed by atoms with Crippen LogP contribution in [0.25, 0.3) is 0 Å². The Balaban J connectivity index is 2.64. The highest BCUT2D eigenvalue weighted by Gasteiger charge is 2.19. The fraction of sp³-hybridized carbons (Fsp3) is 0.545. The molecular formula is C11H17NO2. The highest BCUT2D eigenvalue weighted by Crippen LogP contribution is 2.16. The minimum absolute atomic E-state index is 0.00389. The van der Waals surface area contributed by atoms with Gasteiger partial charge in [-0.3, -0.25) is 4.79 Å². The summed E-state index contributed by atoms with van der Waals surface area (Å²) in [7, 11) is 0. The normalized spacial score (nSPS) is 20.5. The number of nitrogens with zero attached hydrogens (tertiary/aromatic N) is 1. The lowest BCUT2D eigenvalue weighted by atomic mass is 10.0. The van der Waals surface area contributed by atoms with Crippen LogP contribution in [0.3, 0.4) is 0 Å². The molecule has 1 rings (SSSR count). The Hall–Kier alpha value is -1.09. The van der Waals surface area contributed by atoms with Gasteiger partial charge in [0.25, 0.3) is 0 Å². The minimum atomic E-state index is -0.101. The molecule has 0 radical (unpaired) electrons. The average molecular weight is 195 g/mol. The number of carbonyl (C=O) groups excluding carboxylic acids is 1. The molecule has 78 valence electrons. The van der Waals surface area contributed by atoms with Crippen LogP contribution < -0.4 is 0 Å². The first-order valence-electron chi connectivity index (χ1n) is 5.00. The molecule has 0 aromatic rings. The number of allylic oxidation sites excluding steroid dienone is 1. The molecule has 3 heteroatoms. The van der Waals surface area contributed by atoms with Crippen molar-refractivity contribution in [3.63, 3.8) is 0 Å². The van der Waals surface area contributed by atoms with E-state index in [-0.39, 0.29) is 18.6 Å². The summed E-state index contributed by atoms with van der Waals surface area (Å²) in [6.07, 6.45) is 8.61. The Morgan fingerprint density at radius 1 is 1.71 bits per heavy atom. The fourth-order valence-electron chi connectivity index (χ4n) is 1.72. The largest absolute Gasteiger partial charge is 0.395 e. The minimum Gasteiger partial charge on any atom is -0.395 e. The van der Waals surface area contributed by atoms with Crippen molar-refractivity contribution >= 4 is 5.91 Å². The maximum Gasteiger partial charge on any atom is 0.246 e. The molecule has 1 atom stereocenters. The van der Waals surface area contributed by atoms with Gasteiger partial charge < -0.3 is 10.0 Å². The lowest BCUT2D eigenvalue weighted by molar-refractivity contribution is -0.128. The number of rotatable bonds is 4. The Bertz CT molecular complexity index is 235. The predicted molar refractivity (Wildman–Crippen MR) is 55.8 cm³/mol. The van der Waals surface area contributed by atoms with Gasteiger partial charge in [0, 0.05) is 6.54 Å². The zero-order valence-electron chi connectivity index (χ0n) is 8.35. The molecule has 0 saturated heterocycles. The number of hydrogen-bond donors (Lipinski definition) is 1. The third-order valence-electron chi connectivity index (χ3n) is 2.43. The summed E-state index contributed by atoms with van der Waals surface area (Å²) in [5, 5.41) is 8.86. The second kappa shape index (κ2) is 5.60. The molecule has 0 saturated carbocycles. The molecule has 0 spiro atoms. The smallest absolute Gasteiger partial charge is 0.246 e. The van der Waals surface area contributed by atoms with E-state index in [9.17, 15) is 4.79 Å². The van der Waals surface area contributed by atoms with Crippen molar-refractivity contribution in [2.24, 2.45) is 0 Å². The van der Waals surface area contributed by atoms with Crippen LogP contribution >= 0.6 is 0 Å². The molecule has 1 unspecified atom stereocenters. The summed E-state index contributed by atoms with van der Waals surface area (Å²) in [4.78, 5) is 13.1. The number of aliphatic hydroxyl groups excluding tert-OH is 1. The third kappa shape index (κ3) is 2.70. The summed E-state index contributed by atoms with van der Waals surface area (Å²) in [5.74, 6) is -0.101. The molecule has 1 aliphatic carbocycles. The van der Waals surface area contributed by atoms with Crippen LogP contribution in [-0.2, 0) is 4.79 Å². The zero-order valence-corrected chi connectivity index (χ0v) is 8.35. The summed E-state index contributed by atoms with van der Waals surface area (Å²) in [5.41, 5.74) is 0. The number of aliphatic hydroxyl groups is 1. The van der Waals surface area contributed by atoms with Crippen LogP contribution in [0.15, 0.2) is 24.8 Å². The third-order valence-corrected chi connectivity index (χ3v) is 2.43. The summed E-state index contributed by atoms with van der Waals surface area (Å²) < 4.78 is 0. The van der Waals surface area contributed by atoms with Crippen molar-refractivity contribution in [1.29, 1.82) is 0 Å². The van der Waals surface area contributed by atoms with Gasteiger partial charge in [-0.05, 0) is 25.3 Å². The van der Waals surface area contributed by atoms with Gasteiger partial charge in [-0.25, -0.2) is 0 Å². The van der Waals surface area contributed by atoms with Crippen molar-refractivity contribution in [3.05, 3.63) is 24.8 Å². The molecule has 0 heterocycles. The van der Waals surface area contributed by atoms with Crippen LogP contribution in [0.2, 0.25) is 0 Å². The van der Waals surface area contributed by atoms with Crippen LogP contribution in [-0.4, -0.2) is 35.1 Å². The van der Waals surface area contributed by atoms with Gasteiger partial charge in [0.1, 0.15) is 0 Å². The number of hydrogen-bond acceptors (Lipinski definition) is 2. The maximum atomic E-state index is 11.5. The second-order valence-electron chi connectivity index (χ2n) is 3.39. The molecule has 3 nitrogen and oxygen atoms in total. The molecule has 14 heavy (non-hydrogen) atoms. The van der Waals surface area contributed by atoms with Crippen LogP contribution in [0.4, 0.5) is 0 Å². The van der Waals surface area contributed by atoms with Crippen molar-refractivity contribution in [3.8, 4) is 0 Å². The topological polar surface area (TPSA) is 40.5 Å². The highest BCUT2D eigenvalue weighted by molar-refractivity contribution is 5.87. The summed E-state index contributed by atoms with van der Waals surface area (Å²) in [6, 6.07) is 0.140. The first-order chi connectivity index (χ1) is 6.79. The van der Waals surface area contributed by atoms with Crippen LogP contribution in [0, 0.1) is 0 Å². The van der Waals surface area contributed by atoms with E-state index >= 15 is 0 Å². The van der Waals surface area contributed by atoms with Gasteiger partial charge in [-0.15, -0.1) is 0 Å². The van der Waals surface area contributed by atoms with Crippen molar-refractivity contribution in [2.75, 3.05) is 13.2 Å². The first-order valence-corrected chi connectivity index (χ1v) is 5.00. The van der Waals surface area contributed by atoms with Crippen molar-refractivity contribution < 1.29 is 9.90 Å². The van der Waals surface area contributed by atoms with Gasteiger partial charge in [-0.2, -0.15) is 0 Å². The summed E-state index contributed by atoms with van der Waals surface area (Å²) >= 11 is 0. The molecule has 0 bridgehead atoms. The predicted octanol–water partition coefficient (Wildman–Crippen LogP) is 1.10. The quantitative estimate of drug-likeness (QED) is 0.539. The van der Waals surface area contributed by atoms with E-state index in [0.29, 0.717) is 6.54 Å². The Labute approximate surface area is 84.7 Å². The van der Waals surface area contributed by atoms with Crippen LogP contribution in [0.5, 0.6) is 0 Å². The lowest BCUT2D eigenvalue weighted by Gasteiger charge is -2.30.